The van der Waals surface area contributed by atoms with Gasteiger partial charge >= 0.3 is 5.97 Å². The number of rotatable bonds is 4. The Hall–Kier alpha value is -2.74. The summed E-state index contributed by atoms with van der Waals surface area (Å²) in [5, 5.41) is 10.8. The Morgan fingerprint density at radius 1 is 1.48 bits per heavy atom. The summed E-state index contributed by atoms with van der Waals surface area (Å²) in [6, 6.07) is 2.71. The van der Waals surface area contributed by atoms with Gasteiger partial charge in [0, 0.05) is 23.8 Å². The predicted molar refractivity (Wildman–Crippen MR) is 74.9 cm³/mol. The number of carboxylic acid groups (broad SMARTS) is 1. The molecule has 0 aliphatic heterocycles. The summed E-state index contributed by atoms with van der Waals surface area (Å²) in [5.74, 6) is -0.965. The van der Waals surface area contributed by atoms with Crippen molar-refractivity contribution in [3.05, 3.63) is 57.7 Å². The van der Waals surface area contributed by atoms with E-state index >= 15 is 0 Å². The Balaban J connectivity index is 1.87. The van der Waals surface area contributed by atoms with Crippen molar-refractivity contribution in [2.45, 2.75) is 6.61 Å². The van der Waals surface area contributed by atoms with Crippen molar-refractivity contribution in [3.8, 4) is 5.75 Å². The highest BCUT2D eigenvalue weighted by Gasteiger charge is 2.11. The van der Waals surface area contributed by atoms with E-state index in [1.165, 1.54) is 40.3 Å². The number of carbonyl (C=O) groups is 1. The lowest BCUT2D eigenvalue weighted by Crippen LogP contribution is -2.14. The second-order valence-corrected chi connectivity index (χ2v) is 4.98. The van der Waals surface area contributed by atoms with Gasteiger partial charge in [-0.25, -0.2) is 9.78 Å². The third kappa shape index (κ3) is 2.61. The van der Waals surface area contributed by atoms with Crippen molar-refractivity contribution in [2.24, 2.45) is 0 Å². The fraction of sp³-hybridized carbons (Fsp3) is 0.0769. The molecule has 106 valence electrons. The molecule has 1 N–H and O–H groups in total. The molecule has 3 aromatic heterocycles. The topological polar surface area (TPSA) is 93.8 Å². The number of carboxylic acids is 1. The van der Waals surface area contributed by atoms with Gasteiger partial charge in [0.1, 0.15) is 12.2 Å². The monoisotopic (exact) mass is 303 g/mol. The van der Waals surface area contributed by atoms with E-state index < -0.39 is 5.97 Å². The lowest BCUT2D eigenvalue weighted by atomic mass is 10.2. The molecule has 0 aromatic carbocycles. The van der Waals surface area contributed by atoms with Crippen molar-refractivity contribution in [1.29, 1.82) is 0 Å². The minimum Gasteiger partial charge on any atom is -0.485 e. The fourth-order valence-electron chi connectivity index (χ4n) is 1.79. The lowest BCUT2D eigenvalue weighted by Gasteiger charge is -2.07. The molecular formula is C13H9N3O4S. The molecule has 0 aliphatic carbocycles. The number of fused-ring (bicyclic) bond motifs is 1. The Bertz CT molecular complexity index is 871. The molecule has 8 heteroatoms. The molecule has 21 heavy (non-hydrogen) atoms. The minimum atomic E-state index is -1.10. The summed E-state index contributed by atoms with van der Waals surface area (Å²) >= 11 is 1.34. The molecule has 0 bridgehead atoms. The van der Waals surface area contributed by atoms with Gasteiger partial charge in [-0.2, -0.15) is 0 Å². The van der Waals surface area contributed by atoms with Crippen LogP contribution in [0.5, 0.6) is 5.75 Å². The SMILES string of the molecule is O=C(O)c1ccncc1OCc1cc(=O)n2ccsc2n1. The van der Waals surface area contributed by atoms with Crippen LogP contribution in [0.1, 0.15) is 16.1 Å². The van der Waals surface area contributed by atoms with E-state index in [-0.39, 0.29) is 23.5 Å². The Morgan fingerprint density at radius 2 is 2.33 bits per heavy atom. The summed E-state index contributed by atoms with van der Waals surface area (Å²) in [5.41, 5.74) is 0.242. The van der Waals surface area contributed by atoms with Crippen LogP contribution >= 0.6 is 11.3 Å². The molecular weight excluding hydrogens is 294 g/mol. The molecule has 0 aliphatic rings. The van der Waals surface area contributed by atoms with Crippen molar-refractivity contribution in [2.75, 3.05) is 0 Å². The highest BCUT2D eigenvalue weighted by Crippen LogP contribution is 2.17. The van der Waals surface area contributed by atoms with Gasteiger partial charge in [0.05, 0.1) is 11.9 Å². The molecule has 3 heterocycles. The number of thiazole rings is 1. The van der Waals surface area contributed by atoms with Crippen LogP contribution in [-0.4, -0.2) is 25.4 Å². The number of ether oxygens (including phenoxy) is 1. The number of nitrogens with zero attached hydrogens (tertiary/aromatic N) is 3. The summed E-state index contributed by atoms with van der Waals surface area (Å²) in [7, 11) is 0. The lowest BCUT2D eigenvalue weighted by molar-refractivity contribution is 0.0691. The molecule has 3 rings (SSSR count). The molecule has 0 saturated carbocycles. The Labute approximate surface area is 122 Å². The second-order valence-electron chi connectivity index (χ2n) is 4.11. The molecule has 3 aromatic rings. The average molecular weight is 303 g/mol. The third-order valence-corrected chi connectivity index (χ3v) is 3.50. The van der Waals surface area contributed by atoms with Crippen LogP contribution in [0.3, 0.4) is 0 Å². The largest absolute Gasteiger partial charge is 0.485 e. The first-order chi connectivity index (χ1) is 10.1. The zero-order valence-corrected chi connectivity index (χ0v) is 11.4. The van der Waals surface area contributed by atoms with E-state index in [4.69, 9.17) is 9.84 Å². The van der Waals surface area contributed by atoms with Crippen LogP contribution in [0.2, 0.25) is 0 Å². The van der Waals surface area contributed by atoms with Crippen LogP contribution in [0.15, 0.2) is 40.9 Å². The maximum absolute atomic E-state index is 11.8. The van der Waals surface area contributed by atoms with Gasteiger partial charge in [-0.1, -0.05) is 0 Å². The van der Waals surface area contributed by atoms with Gasteiger partial charge < -0.3 is 9.84 Å². The summed E-state index contributed by atoms with van der Waals surface area (Å²) < 4.78 is 6.85. The van der Waals surface area contributed by atoms with E-state index in [2.05, 4.69) is 9.97 Å². The van der Waals surface area contributed by atoms with Crippen molar-refractivity contribution >= 4 is 22.3 Å². The quantitative estimate of drug-likeness (QED) is 0.783. The molecule has 7 nitrogen and oxygen atoms in total. The molecule has 0 saturated heterocycles. The van der Waals surface area contributed by atoms with Gasteiger partial charge in [-0.15, -0.1) is 11.3 Å². The zero-order chi connectivity index (χ0) is 14.8. The smallest absolute Gasteiger partial charge is 0.339 e. The van der Waals surface area contributed by atoms with E-state index in [0.29, 0.717) is 10.7 Å². The molecule has 0 spiro atoms. The highest BCUT2D eigenvalue weighted by atomic mass is 32.1. The summed E-state index contributed by atoms with van der Waals surface area (Å²) in [4.78, 5) is 31.5. The van der Waals surface area contributed by atoms with Crippen LogP contribution in [-0.2, 0) is 6.61 Å². The maximum atomic E-state index is 11.8. The van der Waals surface area contributed by atoms with Crippen molar-refractivity contribution in [1.82, 2.24) is 14.4 Å². The summed E-state index contributed by atoms with van der Waals surface area (Å²) in [6.07, 6.45) is 4.34. The van der Waals surface area contributed by atoms with Crippen molar-refractivity contribution in [3.63, 3.8) is 0 Å². The van der Waals surface area contributed by atoms with E-state index in [9.17, 15) is 9.59 Å². The fourth-order valence-corrected chi connectivity index (χ4v) is 2.52. The molecule has 0 atom stereocenters. The Kier molecular flexibility index (Phi) is 3.36. The number of aromatic carboxylic acids is 1. The van der Waals surface area contributed by atoms with Gasteiger partial charge in [0.2, 0.25) is 0 Å². The van der Waals surface area contributed by atoms with Gasteiger partial charge in [0.15, 0.2) is 10.7 Å². The first kappa shape index (κ1) is 13.3. The molecule has 0 fully saturated rings. The van der Waals surface area contributed by atoms with E-state index in [0.717, 1.165) is 0 Å². The minimum absolute atomic E-state index is 0.00435. The average Bonchev–Trinajstić information content (AvgIpc) is 2.94. The van der Waals surface area contributed by atoms with E-state index in [1.54, 1.807) is 11.6 Å². The van der Waals surface area contributed by atoms with Crippen LogP contribution in [0.25, 0.3) is 4.96 Å². The third-order valence-electron chi connectivity index (χ3n) is 2.75. The van der Waals surface area contributed by atoms with Gasteiger partial charge in [0.25, 0.3) is 5.56 Å². The predicted octanol–water partition coefficient (Wildman–Crippen LogP) is 1.43. The summed E-state index contributed by atoms with van der Waals surface area (Å²) in [6.45, 7) is -0.00435. The maximum Gasteiger partial charge on any atom is 0.339 e. The zero-order valence-electron chi connectivity index (χ0n) is 10.6. The number of hydrogen-bond acceptors (Lipinski definition) is 6. The molecule has 0 radical (unpaired) electrons. The standard InChI is InChI=1S/C13H9N3O4S/c17-11-5-8(15-13-16(11)3-4-21-13)7-20-10-6-14-2-1-9(10)12(18)19/h1-6H,7H2,(H,18,19). The van der Waals surface area contributed by atoms with Gasteiger partial charge in [-0.05, 0) is 6.07 Å². The second kappa shape index (κ2) is 5.33. The highest BCUT2D eigenvalue weighted by molar-refractivity contribution is 7.15. The molecule has 0 amide bonds. The van der Waals surface area contributed by atoms with Gasteiger partial charge in [-0.3, -0.25) is 14.2 Å². The number of hydrogen-bond donors (Lipinski definition) is 1. The first-order valence-corrected chi connectivity index (χ1v) is 6.79. The van der Waals surface area contributed by atoms with Crippen molar-refractivity contribution < 1.29 is 14.6 Å². The van der Waals surface area contributed by atoms with Crippen LogP contribution in [0, 0.1) is 0 Å². The Morgan fingerprint density at radius 3 is 3.14 bits per heavy atom. The van der Waals surface area contributed by atoms with E-state index in [1.807, 2.05) is 0 Å². The number of aromatic nitrogens is 3. The number of pyridine rings is 1. The molecule has 0 unspecified atom stereocenters. The van der Waals surface area contributed by atoms with Crippen LogP contribution < -0.4 is 10.3 Å². The van der Waals surface area contributed by atoms with Crippen LogP contribution in [0.4, 0.5) is 0 Å². The first-order valence-electron chi connectivity index (χ1n) is 5.91. The normalized spacial score (nSPS) is 10.7.